The molecule has 0 bridgehead atoms. The van der Waals surface area contributed by atoms with E-state index in [4.69, 9.17) is 18.9 Å². The number of alkyl halides is 1. The first-order chi connectivity index (χ1) is 16.0. The van der Waals surface area contributed by atoms with Gasteiger partial charge >= 0.3 is 12.1 Å². The number of alkyl carbamates (subject to hydrolysis) is 1. The summed E-state index contributed by atoms with van der Waals surface area (Å²) in [6, 6.07) is 3.16. The molecule has 2 atom stereocenters. The number of nitrogens with one attached hydrogen (secondary N) is 2. The number of carbonyl (C=O) groups is 3. The summed E-state index contributed by atoms with van der Waals surface area (Å²) in [7, 11) is 4.31. The van der Waals surface area contributed by atoms with E-state index in [0.29, 0.717) is 22.8 Å². The van der Waals surface area contributed by atoms with Crippen LogP contribution in [0.3, 0.4) is 0 Å². The van der Waals surface area contributed by atoms with Crippen molar-refractivity contribution in [2.45, 2.75) is 71.8 Å². The van der Waals surface area contributed by atoms with Gasteiger partial charge in [-0.05, 0) is 26.2 Å². The number of aliphatic carboxylic acids is 1. The molecule has 0 saturated carbocycles. The predicted octanol–water partition coefficient (Wildman–Crippen LogP) is 3.45. The molecule has 0 aromatic heterocycles. The largest absolute Gasteiger partial charge is 0.496 e. The van der Waals surface area contributed by atoms with E-state index >= 15 is 4.39 Å². The minimum absolute atomic E-state index is 0.162. The number of rotatable bonds is 10. The highest BCUT2D eigenvalue weighted by Gasteiger charge is 2.53. The molecule has 0 heterocycles. The maximum absolute atomic E-state index is 15.2. The minimum atomic E-state index is -2.27. The van der Waals surface area contributed by atoms with Gasteiger partial charge in [0.25, 0.3) is 5.91 Å². The normalized spacial score (nSPS) is 14.2. The summed E-state index contributed by atoms with van der Waals surface area (Å²) >= 11 is 0. The third-order valence-corrected chi connectivity index (χ3v) is 5.39. The van der Waals surface area contributed by atoms with Crippen LogP contribution >= 0.6 is 0 Å². The zero-order valence-electron chi connectivity index (χ0n) is 21.8. The zero-order chi connectivity index (χ0) is 27.2. The van der Waals surface area contributed by atoms with Gasteiger partial charge in [0, 0.05) is 18.6 Å². The third kappa shape index (κ3) is 7.63. The number of halogens is 1. The van der Waals surface area contributed by atoms with E-state index in [1.165, 1.54) is 42.1 Å². The quantitative estimate of drug-likeness (QED) is 0.445. The van der Waals surface area contributed by atoms with Crippen molar-refractivity contribution in [2.24, 2.45) is 5.41 Å². The van der Waals surface area contributed by atoms with Crippen LogP contribution in [0.15, 0.2) is 12.1 Å². The number of amides is 2. The molecule has 3 N–H and O–H groups in total. The van der Waals surface area contributed by atoms with Crippen LogP contribution in [-0.4, -0.2) is 61.7 Å². The SMILES string of the molecule is COc1cc(OC)c(CNC(=O)[C@@H](F)C[C@@](NC(=O)OC(C)(C)C)(C(=O)O)C(C)(C)C)c(OC)c1. The van der Waals surface area contributed by atoms with E-state index in [0.717, 1.165) is 0 Å². The first kappa shape index (κ1) is 29.8. The van der Waals surface area contributed by atoms with Crippen molar-refractivity contribution in [3.05, 3.63) is 17.7 Å². The van der Waals surface area contributed by atoms with Gasteiger partial charge < -0.3 is 34.7 Å². The Hall–Kier alpha value is -3.24. The Balaban J connectivity index is 3.15. The lowest BCUT2D eigenvalue weighted by Gasteiger charge is -2.42. The summed E-state index contributed by atoms with van der Waals surface area (Å²) in [5.74, 6) is -1.41. The monoisotopic (exact) mass is 500 g/mol. The fourth-order valence-electron chi connectivity index (χ4n) is 3.38. The van der Waals surface area contributed by atoms with Crippen molar-refractivity contribution in [2.75, 3.05) is 21.3 Å². The van der Waals surface area contributed by atoms with E-state index in [9.17, 15) is 19.5 Å². The maximum atomic E-state index is 15.2. The van der Waals surface area contributed by atoms with Crippen LogP contribution in [0.25, 0.3) is 0 Å². The Labute approximate surface area is 205 Å². The molecule has 0 aliphatic carbocycles. The molecule has 1 aromatic carbocycles. The second-order valence-electron chi connectivity index (χ2n) is 9.99. The van der Waals surface area contributed by atoms with Crippen LogP contribution in [0.2, 0.25) is 0 Å². The summed E-state index contributed by atoms with van der Waals surface area (Å²) < 4.78 is 36.2. The molecule has 198 valence electrons. The van der Waals surface area contributed by atoms with Gasteiger partial charge in [0.1, 0.15) is 28.4 Å². The van der Waals surface area contributed by atoms with Gasteiger partial charge in [-0.1, -0.05) is 20.8 Å². The molecule has 0 radical (unpaired) electrons. The van der Waals surface area contributed by atoms with E-state index in [2.05, 4.69) is 10.6 Å². The van der Waals surface area contributed by atoms with Crippen molar-refractivity contribution in [3.63, 3.8) is 0 Å². The second-order valence-corrected chi connectivity index (χ2v) is 9.99. The van der Waals surface area contributed by atoms with Crippen LogP contribution in [0.5, 0.6) is 17.2 Å². The number of benzene rings is 1. The molecule has 0 aliphatic heterocycles. The standard InChI is InChI=1S/C24H37FN2O8/c1-22(2,3)24(20(29)30,27-21(31)35-23(4,5)6)12-16(25)19(28)26-13-15-17(33-8)10-14(32-7)11-18(15)34-9/h10-11,16H,12-13H2,1-9H3,(H,26,28)(H,27,31)(H,29,30)/t16-,24+/m0/s1. The van der Waals surface area contributed by atoms with E-state index in [-0.39, 0.29) is 6.54 Å². The number of hydrogen-bond donors (Lipinski definition) is 3. The molecule has 0 saturated heterocycles. The molecule has 1 aromatic rings. The van der Waals surface area contributed by atoms with Crippen LogP contribution in [0.1, 0.15) is 53.5 Å². The van der Waals surface area contributed by atoms with Crippen molar-refractivity contribution >= 4 is 18.0 Å². The average Bonchev–Trinajstić information content (AvgIpc) is 2.73. The predicted molar refractivity (Wildman–Crippen MR) is 127 cm³/mol. The number of methoxy groups -OCH3 is 3. The Kier molecular flexibility index (Phi) is 9.75. The maximum Gasteiger partial charge on any atom is 0.408 e. The number of carboxylic acids is 1. The van der Waals surface area contributed by atoms with E-state index in [1.807, 2.05) is 0 Å². The zero-order valence-corrected chi connectivity index (χ0v) is 21.8. The lowest BCUT2D eigenvalue weighted by Crippen LogP contribution is -2.64. The fourth-order valence-corrected chi connectivity index (χ4v) is 3.38. The topological polar surface area (TPSA) is 132 Å². The molecular weight excluding hydrogens is 463 g/mol. The summed E-state index contributed by atoms with van der Waals surface area (Å²) in [5.41, 5.74) is -3.79. The average molecular weight is 501 g/mol. The first-order valence-corrected chi connectivity index (χ1v) is 11.0. The van der Waals surface area contributed by atoms with E-state index in [1.54, 1.807) is 32.9 Å². The Morgan fingerprint density at radius 1 is 0.971 bits per heavy atom. The molecule has 10 nitrogen and oxygen atoms in total. The second kappa shape index (κ2) is 11.5. The number of carbonyl (C=O) groups excluding carboxylic acids is 2. The molecule has 0 spiro atoms. The van der Waals surface area contributed by atoms with Crippen LogP contribution in [-0.2, 0) is 20.9 Å². The molecule has 0 fully saturated rings. The van der Waals surface area contributed by atoms with Crippen molar-refractivity contribution in [3.8, 4) is 17.2 Å². The first-order valence-electron chi connectivity index (χ1n) is 11.0. The van der Waals surface area contributed by atoms with Gasteiger partial charge in [-0.3, -0.25) is 4.79 Å². The van der Waals surface area contributed by atoms with Gasteiger partial charge in [-0.2, -0.15) is 0 Å². The summed E-state index contributed by atoms with van der Waals surface area (Å²) in [4.78, 5) is 37.4. The van der Waals surface area contributed by atoms with Gasteiger partial charge in [0.05, 0.1) is 33.4 Å². The van der Waals surface area contributed by atoms with E-state index < -0.39 is 47.1 Å². The molecule has 11 heteroatoms. The molecule has 0 aliphatic rings. The van der Waals surface area contributed by atoms with Gasteiger partial charge in [0.15, 0.2) is 6.17 Å². The highest BCUT2D eigenvalue weighted by Crippen LogP contribution is 2.37. The van der Waals surface area contributed by atoms with Crippen LogP contribution in [0.4, 0.5) is 9.18 Å². The summed E-state index contributed by atoms with van der Waals surface area (Å²) in [6.07, 6.45) is -4.13. The lowest BCUT2D eigenvalue weighted by molar-refractivity contribution is -0.152. The van der Waals surface area contributed by atoms with Gasteiger partial charge in [-0.25, -0.2) is 14.0 Å². The highest BCUT2D eigenvalue weighted by molar-refractivity contribution is 5.88. The Morgan fingerprint density at radius 3 is 1.86 bits per heavy atom. The lowest BCUT2D eigenvalue weighted by atomic mass is 9.70. The number of carboxylic acid groups (broad SMARTS) is 1. The molecular formula is C24H37FN2O8. The van der Waals surface area contributed by atoms with Gasteiger partial charge in [0.2, 0.25) is 0 Å². The van der Waals surface area contributed by atoms with Crippen LogP contribution in [0, 0.1) is 5.41 Å². The molecule has 0 unspecified atom stereocenters. The molecule has 1 rings (SSSR count). The minimum Gasteiger partial charge on any atom is -0.496 e. The Bertz CT molecular complexity index is 898. The van der Waals surface area contributed by atoms with Crippen LogP contribution < -0.4 is 24.8 Å². The van der Waals surface area contributed by atoms with Crippen molar-refractivity contribution in [1.29, 1.82) is 0 Å². The smallest absolute Gasteiger partial charge is 0.408 e. The summed E-state index contributed by atoms with van der Waals surface area (Å²) in [5, 5.41) is 14.8. The van der Waals surface area contributed by atoms with Crippen molar-refractivity contribution < 1.29 is 42.8 Å². The highest BCUT2D eigenvalue weighted by atomic mass is 19.1. The molecule has 35 heavy (non-hydrogen) atoms. The number of ether oxygens (including phenoxy) is 4. The van der Waals surface area contributed by atoms with Crippen molar-refractivity contribution in [1.82, 2.24) is 10.6 Å². The Morgan fingerprint density at radius 2 is 1.49 bits per heavy atom. The van der Waals surface area contributed by atoms with Gasteiger partial charge in [-0.15, -0.1) is 0 Å². The fraction of sp³-hybridized carbons (Fsp3) is 0.625. The summed E-state index contributed by atoms with van der Waals surface area (Å²) in [6.45, 7) is 9.24. The molecule has 2 amide bonds. The number of hydrogen-bond acceptors (Lipinski definition) is 7. The third-order valence-electron chi connectivity index (χ3n) is 5.39.